The first-order valence-corrected chi connectivity index (χ1v) is 9.75. The van der Waals surface area contributed by atoms with Gasteiger partial charge in [0.2, 0.25) is 0 Å². The van der Waals surface area contributed by atoms with E-state index in [1.807, 2.05) is 6.07 Å². The van der Waals surface area contributed by atoms with Crippen molar-refractivity contribution in [3.05, 3.63) is 59.7 Å². The predicted octanol–water partition coefficient (Wildman–Crippen LogP) is 3.39. The first kappa shape index (κ1) is 18.5. The van der Waals surface area contributed by atoms with Crippen molar-refractivity contribution in [1.29, 1.82) is 0 Å². The van der Waals surface area contributed by atoms with Gasteiger partial charge in [-0.2, -0.15) is 0 Å². The van der Waals surface area contributed by atoms with Crippen molar-refractivity contribution in [3.8, 4) is 5.75 Å². The average Bonchev–Trinajstić information content (AvgIpc) is 3.37. The third-order valence-corrected chi connectivity index (χ3v) is 4.89. The van der Waals surface area contributed by atoms with Crippen molar-refractivity contribution in [1.82, 2.24) is 5.32 Å². The Balaban J connectivity index is 1.42. The lowest BCUT2D eigenvalue weighted by Crippen LogP contribution is -2.27. The maximum absolute atomic E-state index is 12.7. The van der Waals surface area contributed by atoms with Crippen LogP contribution in [0, 0.1) is 0 Å². The Labute approximate surface area is 164 Å². The van der Waals surface area contributed by atoms with Crippen LogP contribution in [0.3, 0.4) is 0 Å². The van der Waals surface area contributed by atoms with Crippen LogP contribution in [-0.2, 0) is 4.74 Å². The van der Waals surface area contributed by atoms with Crippen molar-refractivity contribution in [2.45, 2.75) is 37.8 Å². The summed E-state index contributed by atoms with van der Waals surface area (Å²) >= 11 is 0. The molecule has 0 radical (unpaired) electrons. The highest BCUT2D eigenvalue weighted by Gasteiger charge is 2.25. The van der Waals surface area contributed by atoms with E-state index in [2.05, 4.69) is 10.6 Å². The molecule has 2 aromatic rings. The molecule has 6 heteroatoms. The molecule has 1 heterocycles. The van der Waals surface area contributed by atoms with Gasteiger partial charge < -0.3 is 20.1 Å². The molecule has 2 N–H and O–H groups in total. The molecule has 28 heavy (non-hydrogen) atoms. The number of carbonyl (C=O) groups excluding carboxylic acids is 2. The molecule has 4 rings (SSSR count). The lowest BCUT2D eigenvalue weighted by molar-refractivity contribution is 0.0679. The summed E-state index contributed by atoms with van der Waals surface area (Å²) in [5.41, 5.74) is 1.44. The van der Waals surface area contributed by atoms with Gasteiger partial charge in [0.25, 0.3) is 11.8 Å². The molecule has 2 amide bonds. The zero-order chi connectivity index (χ0) is 19.3. The van der Waals surface area contributed by atoms with Crippen LogP contribution in [0.15, 0.2) is 48.5 Å². The molecular weight excluding hydrogens is 356 g/mol. The number of amides is 2. The fourth-order valence-electron chi connectivity index (χ4n) is 3.17. The van der Waals surface area contributed by atoms with Gasteiger partial charge in [0.05, 0.1) is 17.4 Å². The van der Waals surface area contributed by atoms with Gasteiger partial charge in [0.15, 0.2) is 0 Å². The van der Waals surface area contributed by atoms with Crippen LogP contribution >= 0.6 is 0 Å². The second-order valence-corrected chi connectivity index (χ2v) is 7.22. The molecule has 1 aliphatic heterocycles. The van der Waals surface area contributed by atoms with Crippen molar-refractivity contribution < 1.29 is 19.1 Å². The number of hydrogen-bond acceptors (Lipinski definition) is 4. The number of rotatable bonds is 7. The number of hydrogen-bond donors (Lipinski definition) is 2. The summed E-state index contributed by atoms with van der Waals surface area (Å²) in [6.45, 7) is 1.26. The quantitative estimate of drug-likeness (QED) is 0.772. The summed E-state index contributed by atoms with van der Waals surface area (Å²) in [4.78, 5) is 25.1. The van der Waals surface area contributed by atoms with Crippen LogP contribution in [0.4, 0.5) is 5.69 Å². The molecule has 0 aromatic heterocycles. The van der Waals surface area contributed by atoms with E-state index in [0.717, 1.165) is 32.3 Å². The van der Waals surface area contributed by atoms with Crippen LogP contribution in [0.2, 0.25) is 0 Å². The first-order valence-electron chi connectivity index (χ1n) is 9.75. The molecule has 1 saturated heterocycles. The lowest BCUT2D eigenvalue weighted by Gasteiger charge is -2.13. The highest BCUT2D eigenvalue weighted by molar-refractivity contribution is 6.09. The maximum Gasteiger partial charge on any atom is 0.255 e. The molecule has 1 saturated carbocycles. The molecule has 0 bridgehead atoms. The number of para-hydroxylation sites is 1. The molecule has 6 nitrogen and oxygen atoms in total. The van der Waals surface area contributed by atoms with E-state index in [1.165, 1.54) is 0 Å². The first-order chi connectivity index (χ1) is 13.7. The van der Waals surface area contributed by atoms with E-state index in [-0.39, 0.29) is 24.0 Å². The monoisotopic (exact) mass is 380 g/mol. The highest BCUT2D eigenvalue weighted by atomic mass is 16.5. The van der Waals surface area contributed by atoms with E-state index in [9.17, 15) is 9.59 Å². The van der Waals surface area contributed by atoms with Crippen molar-refractivity contribution in [2.75, 3.05) is 18.5 Å². The van der Waals surface area contributed by atoms with Gasteiger partial charge in [-0.3, -0.25) is 9.59 Å². The third kappa shape index (κ3) is 4.70. The molecule has 1 unspecified atom stereocenters. The van der Waals surface area contributed by atoms with Gasteiger partial charge in [0, 0.05) is 18.2 Å². The molecule has 2 fully saturated rings. The van der Waals surface area contributed by atoms with Gasteiger partial charge in [-0.05, 0) is 56.0 Å². The Morgan fingerprint density at radius 2 is 1.89 bits per heavy atom. The Kier molecular flexibility index (Phi) is 5.58. The SMILES string of the molecule is O=C(Nc1ccccc1C(=O)NC1CC1)c1cccc(OCC2CCCO2)c1. The third-order valence-electron chi connectivity index (χ3n) is 4.89. The van der Waals surface area contributed by atoms with Crippen molar-refractivity contribution in [3.63, 3.8) is 0 Å². The highest BCUT2D eigenvalue weighted by Crippen LogP contribution is 2.23. The summed E-state index contributed by atoms with van der Waals surface area (Å²) in [6.07, 6.45) is 4.21. The fourth-order valence-corrected chi connectivity index (χ4v) is 3.17. The number of benzene rings is 2. The minimum Gasteiger partial charge on any atom is -0.491 e. The van der Waals surface area contributed by atoms with E-state index >= 15 is 0 Å². The topological polar surface area (TPSA) is 76.7 Å². The molecule has 2 aliphatic rings. The van der Waals surface area contributed by atoms with Gasteiger partial charge in [-0.1, -0.05) is 18.2 Å². The summed E-state index contributed by atoms with van der Waals surface area (Å²) in [6, 6.07) is 14.3. The van der Waals surface area contributed by atoms with Crippen LogP contribution < -0.4 is 15.4 Å². The standard InChI is InChI=1S/C22H24N2O4/c25-21(15-5-3-6-17(13-15)28-14-18-7-4-12-27-18)24-20-9-2-1-8-19(20)22(26)23-16-10-11-16/h1-3,5-6,8-9,13,16,18H,4,7,10-12,14H2,(H,23,26)(H,24,25). The zero-order valence-electron chi connectivity index (χ0n) is 15.6. The maximum atomic E-state index is 12.7. The second-order valence-electron chi connectivity index (χ2n) is 7.22. The molecular formula is C22H24N2O4. The fraction of sp³-hybridized carbons (Fsp3) is 0.364. The normalized spacial score (nSPS) is 18.5. The average molecular weight is 380 g/mol. The van der Waals surface area contributed by atoms with Gasteiger partial charge >= 0.3 is 0 Å². The second kappa shape index (κ2) is 8.44. The van der Waals surface area contributed by atoms with Crippen LogP contribution in [0.1, 0.15) is 46.4 Å². The Morgan fingerprint density at radius 3 is 2.68 bits per heavy atom. The van der Waals surface area contributed by atoms with E-state index in [0.29, 0.717) is 29.2 Å². The summed E-state index contributed by atoms with van der Waals surface area (Å²) in [5.74, 6) is 0.184. The minimum absolute atomic E-state index is 0.120. The van der Waals surface area contributed by atoms with Gasteiger partial charge in [-0.15, -0.1) is 0 Å². The van der Waals surface area contributed by atoms with Crippen molar-refractivity contribution >= 4 is 17.5 Å². The summed E-state index contributed by atoms with van der Waals surface area (Å²) in [5, 5.41) is 5.80. The lowest BCUT2D eigenvalue weighted by atomic mass is 10.1. The van der Waals surface area contributed by atoms with E-state index < -0.39 is 0 Å². The van der Waals surface area contributed by atoms with Crippen LogP contribution in [0.25, 0.3) is 0 Å². The predicted molar refractivity (Wildman–Crippen MR) is 106 cm³/mol. The molecule has 146 valence electrons. The summed E-state index contributed by atoms with van der Waals surface area (Å²) < 4.78 is 11.3. The Hall–Kier alpha value is -2.86. The van der Waals surface area contributed by atoms with Gasteiger partial charge in [-0.25, -0.2) is 0 Å². The zero-order valence-corrected chi connectivity index (χ0v) is 15.6. The van der Waals surface area contributed by atoms with Crippen molar-refractivity contribution in [2.24, 2.45) is 0 Å². The molecule has 0 spiro atoms. The van der Waals surface area contributed by atoms with Crippen LogP contribution in [0.5, 0.6) is 5.75 Å². The van der Waals surface area contributed by atoms with Crippen LogP contribution in [-0.4, -0.2) is 37.2 Å². The number of ether oxygens (including phenoxy) is 2. The van der Waals surface area contributed by atoms with E-state index in [4.69, 9.17) is 9.47 Å². The molecule has 1 atom stereocenters. The smallest absolute Gasteiger partial charge is 0.255 e. The molecule has 1 aliphatic carbocycles. The Morgan fingerprint density at radius 1 is 1.04 bits per heavy atom. The van der Waals surface area contributed by atoms with Gasteiger partial charge in [0.1, 0.15) is 12.4 Å². The summed E-state index contributed by atoms with van der Waals surface area (Å²) in [7, 11) is 0. The van der Waals surface area contributed by atoms with E-state index in [1.54, 1.807) is 42.5 Å². The largest absolute Gasteiger partial charge is 0.491 e. The number of carbonyl (C=O) groups is 2. The number of nitrogens with one attached hydrogen (secondary N) is 2. The minimum atomic E-state index is -0.283. The Bertz CT molecular complexity index is 857. The number of anilines is 1. The molecule has 2 aromatic carbocycles.